The number of rotatable bonds is 6. The molecule has 0 spiro atoms. The molecule has 0 fully saturated rings. The van der Waals surface area contributed by atoms with E-state index in [1.807, 2.05) is 0 Å². The zero-order chi connectivity index (χ0) is 19.8. The minimum atomic E-state index is -0.912. The summed E-state index contributed by atoms with van der Waals surface area (Å²) in [5.74, 6) is -0.916. The zero-order valence-electron chi connectivity index (χ0n) is 14.2. The number of esters is 1. The second-order valence-electron chi connectivity index (χ2n) is 5.20. The number of halogens is 2. The molecule has 0 bridgehead atoms. The number of carbonyl (C=O) groups excluding carboxylic acids is 2. The van der Waals surface area contributed by atoms with Crippen molar-refractivity contribution in [1.29, 1.82) is 5.26 Å². The lowest BCUT2D eigenvalue weighted by Gasteiger charge is -2.07. The van der Waals surface area contributed by atoms with Gasteiger partial charge in [0.05, 0.1) is 17.2 Å². The highest BCUT2D eigenvalue weighted by atomic mass is 35.5. The average molecular weight is 405 g/mol. The van der Waals surface area contributed by atoms with E-state index in [-0.39, 0.29) is 10.6 Å². The fourth-order valence-electron chi connectivity index (χ4n) is 2.01. The molecule has 6 nitrogen and oxygen atoms in total. The van der Waals surface area contributed by atoms with Crippen molar-refractivity contribution in [2.24, 2.45) is 0 Å². The van der Waals surface area contributed by atoms with Gasteiger partial charge in [-0.05, 0) is 42.0 Å². The third kappa shape index (κ3) is 6.03. The molecule has 8 heteroatoms. The van der Waals surface area contributed by atoms with Gasteiger partial charge in [-0.25, -0.2) is 4.79 Å². The predicted molar refractivity (Wildman–Crippen MR) is 103 cm³/mol. The normalized spacial score (nSPS) is 10.7. The lowest BCUT2D eigenvalue weighted by Crippen LogP contribution is -2.21. The summed E-state index contributed by atoms with van der Waals surface area (Å²) in [6.07, 6.45) is 1.35. The van der Waals surface area contributed by atoms with Gasteiger partial charge >= 0.3 is 5.97 Å². The van der Waals surface area contributed by atoms with Crippen LogP contribution in [-0.4, -0.2) is 25.6 Å². The first-order valence-electron chi connectivity index (χ1n) is 7.61. The van der Waals surface area contributed by atoms with Crippen LogP contribution in [0.25, 0.3) is 6.08 Å². The third-order valence-corrected chi connectivity index (χ3v) is 4.02. The maximum absolute atomic E-state index is 12.0. The predicted octanol–water partition coefficient (Wildman–Crippen LogP) is 4.09. The molecule has 0 unspecified atom stereocenters. The molecule has 27 heavy (non-hydrogen) atoms. The highest BCUT2D eigenvalue weighted by molar-refractivity contribution is 6.42. The van der Waals surface area contributed by atoms with Crippen LogP contribution in [-0.2, 0) is 14.3 Å². The first kappa shape index (κ1) is 20.3. The molecule has 0 aliphatic heterocycles. The summed E-state index contributed by atoms with van der Waals surface area (Å²) in [6.45, 7) is -0.559. The van der Waals surface area contributed by atoms with Gasteiger partial charge in [0, 0.05) is 5.69 Å². The number of methoxy groups -OCH3 is 1. The van der Waals surface area contributed by atoms with Crippen LogP contribution >= 0.6 is 23.2 Å². The van der Waals surface area contributed by atoms with Crippen LogP contribution in [0.15, 0.2) is 48.0 Å². The first-order chi connectivity index (χ1) is 12.9. The molecule has 0 saturated heterocycles. The number of hydrogen-bond donors (Lipinski definition) is 1. The Hall–Kier alpha value is -3.01. The molecule has 2 rings (SSSR count). The third-order valence-electron chi connectivity index (χ3n) is 3.28. The van der Waals surface area contributed by atoms with Gasteiger partial charge in [-0.3, -0.25) is 4.79 Å². The van der Waals surface area contributed by atoms with E-state index < -0.39 is 18.5 Å². The van der Waals surface area contributed by atoms with Crippen molar-refractivity contribution in [2.45, 2.75) is 0 Å². The number of nitrogens with one attached hydrogen (secondary N) is 1. The van der Waals surface area contributed by atoms with Gasteiger partial charge in [0.15, 0.2) is 6.61 Å². The maximum Gasteiger partial charge on any atom is 0.349 e. The summed E-state index contributed by atoms with van der Waals surface area (Å²) in [7, 11) is 1.51. The molecule has 2 aromatic rings. The van der Waals surface area contributed by atoms with E-state index in [0.29, 0.717) is 22.0 Å². The molecule has 0 aliphatic rings. The summed E-state index contributed by atoms with van der Waals surface area (Å²) in [5, 5.41) is 12.3. The van der Waals surface area contributed by atoms with Crippen LogP contribution in [0.4, 0.5) is 5.69 Å². The quantitative estimate of drug-likeness (QED) is 0.444. The van der Waals surface area contributed by atoms with Crippen LogP contribution in [0.2, 0.25) is 10.0 Å². The largest absolute Gasteiger partial charge is 0.497 e. The van der Waals surface area contributed by atoms with E-state index >= 15 is 0 Å². The Balaban J connectivity index is 1.97. The topological polar surface area (TPSA) is 88.4 Å². The van der Waals surface area contributed by atoms with Gasteiger partial charge in [0.2, 0.25) is 0 Å². The fraction of sp³-hybridized carbons (Fsp3) is 0.105. The molecule has 0 aliphatic carbocycles. The Morgan fingerprint density at radius 2 is 1.96 bits per heavy atom. The number of hydrogen-bond acceptors (Lipinski definition) is 5. The molecule has 138 valence electrons. The van der Waals surface area contributed by atoms with Crippen LogP contribution in [0.3, 0.4) is 0 Å². The molecule has 0 atom stereocenters. The smallest absolute Gasteiger partial charge is 0.349 e. The van der Waals surface area contributed by atoms with Crippen molar-refractivity contribution in [2.75, 3.05) is 19.0 Å². The van der Waals surface area contributed by atoms with Gasteiger partial charge in [-0.2, -0.15) is 5.26 Å². The molecule has 1 amide bonds. The SMILES string of the molecule is COc1cccc(/C=C(\C#N)C(=O)OCC(=O)Nc2ccc(Cl)c(Cl)c2)c1. The van der Waals surface area contributed by atoms with Gasteiger partial charge in [0.1, 0.15) is 17.4 Å². The van der Waals surface area contributed by atoms with Gasteiger partial charge < -0.3 is 14.8 Å². The van der Waals surface area contributed by atoms with E-state index in [0.717, 1.165) is 0 Å². The molecule has 0 radical (unpaired) electrons. The second-order valence-corrected chi connectivity index (χ2v) is 6.01. The summed E-state index contributed by atoms with van der Waals surface area (Å²) >= 11 is 11.7. The minimum Gasteiger partial charge on any atom is -0.497 e. The molecule has 1 N–H and O–H groups in total. The molecule has 2 aromatic carbocycles. The molecular formula is C19H14Cl2N2O4. The molecule has 0 aromatic heterocycles. The molecule has 0 heterocycles. The van der Waals surface area contributed by atoms with E-state index in [1.54, 1.807) is 36.4 Å². The summed E-state index contributed by atoms with van der Waals surface area (Å²) in [6, 6.07) is 13.1. The van der Waals surface area contributed by atoms with Crippen molar-refractivity contribution in [3.63, 3.8) is 0 Å². The summed E-state index contributed by atoms with van der Waals surface area (Å²) in [4.78, 5) is 23.9. The van der Waals surface area contributed by atoms with E-state index in [2.05, 4.69) is 5.32 Å². The standard InChI is InChI=1S/C19H14Cl2N2O4/c1-26-15-4-2-3-12(8-15)7-13(10-22)19(25)27-11-18(24)23-14-5-6-16(20)17(21)9-14/h2-9H,11H2,1H3,(H,23,24)/b13-7+. The van der Waals surface area contributed by atoms with Crippen LogP contribution in [0.5, 0.6) is 5.75 Å². The Morgan fingerprint density at radius 1 is 1.19 bits per heavy atom. The number of carbonyl (C=O) groups is 2. The number of amides is 1. The summed E-state index contributed by atoms with van der Waals surface area (Å²) < 4.78 is 9.96. The van der Waals surface area contributed by atoms with Gasteiger partial charge in [-0.1, -0.05) is 35.3 Å². The van der Waals surface area contributed by atoms with E-state index in [4.69, 9.17) is 37.9 Å². The first-order valence-corrected chi connectivity index (χ1v) is 8.36. The Kier molecular flexibility index (Phi) is 7.24. The summed E-state index contributed by atoms with van der Waals surface area (Å²) in [5.41, 5.74) is 0.742. The van der Waals surface area contributed by atoms with Crippen LogP contribution in [0, 0.1) is 11.3 Å². The molecular weight excluding hydrogens is 391 g/mol. The highest BCUT2D eigenvalue weighted by Gasteiger charge is 2.14. The van der Waals surface area contributed by atoms with Crippen molar-refractivity contribution >= 4 is 46.8 Å². The number of nitrogens with zero attached hydrogens (tertiary/aromatic N) is 1. The number of nitriles is 1. The Bertz CT molecular complexity index is 936. The average Bonchev–Trinajstić information content (AvgIpc) is 2.67. The van der Waals surface area contributed by atoms with E-state index in [9.17, 15) is 9.59 Å². The lowest BCUT2D eigenvalue weighted by atomic mass is 10.1. The Morgan fingerprint density at radius 3 is 2.63 bits per heavy atom. The Labute approximate surface area is 165 Å². The van der Waals surface area contributed by atoms with E-state index in [1.165, 1.54) is 25.3 Å². The van der Waals surface area contributed by atoms with Crippen LogP contribution < -0.4 is 10.1 Å². The maximum atomic E-state index is 12.0. The highest BCUT2D eigenvalue weighted by Crippen LogP contribution is 2.25. The lowest BCUT2D eigenvalue weighted by molar-refractivity contribution is -0.142. The number of benzene rings is 2. The number of ether oxygens (including phenoxy) is 2. The number of anilines is 1. The van der Waals surface area contributed by atoms with Crippen molar-refractivity contribution in [3.05, 3.63) is 63.6 Å². The van der Waals surface area contributed by atoms with Gasteiger partial charge in [0.25, 0.3) is 5.91 Å². The minimum absolute atomic E-state index is 0.245. The molecule has 0 saturated carbocycles. The van der Waals surface area contributed by atoms with Gasteiger partial charge in [-0.15, -0.1) is 0 Å². The van der Waals surface area contributed by atoms with Crippen molar-refractivity contribution in [3.8, 4) is 11.8 Å². The van der Waals surface area contributed by atoms with Crippen molar-refractivity contribution in [1.82, 2.24) is 0 Å². The monoisotopic (exact) mass is 404 g/mol. The van der Waals surface area contributed by atoms with Crippen molar-refractivity contribution < 1.29 is 19.1 Å². The fourth-order valence-corrected chi connectivity index (χ4v) is 2.31. The second kappa shape index (κ2) is 9.62. The zero-order valence-corrected chi connectivity index (χ0v) is 15.7. The van der Waals surface area contributed by atoms with Crippen LogP contribution in [0.1, 0.15) is 5.56 Å².